The number of benzene rings is 1. The first-order chi connectivity index (χ1) is 8.91. The molecule has 0 fully saturated rings. The highest BCUT2D eigenvalue weighted by Crippen LogP contribution is 2.33. The Kier molecular flexibility index (Phi) is 3.78. The summed E-state index contributed by atoms with van der Waals surface area (Å²) in [5.74, 6) is 0.550. The Hall–Kier alpha value is -1.59. The fourth-order valence-corrected chi connectivity index (χ4v) is 2.13. The van der Waals surface area contributed by atoms with Crippen LogP contribution in [-0.2, 0) is 4.79 Å². The lowest BCUT2D eigenvalue weighted by Crippen LogP contribution is -2.29. The molecule has 0 saturated heterocycles. The normalized spacial score (nSPS) is 16.3. The average molecular weight is 263 g/mol. The highest BCUT2D eigenvalue weighted by atomic mass is 16.5. The number of nitrogens with one attached hydrogen (secondary N) is 1. The van der Waals surface area contributed by atoms with Gasteiger partial charge >= 0.3 is 0 Å². The summed E-state index contributed by atoms with van der Waals surface area (Å²) < 4.78 is 5.32. The van der Waals surface area contributed by atoms with E-state index in [9.17, 15) is 4.79 Å². The lowest BCUT2D eigenvalue weighted by atomic mass is 9.84. The standard InChI is InChI=1S/C14H21N3O2/c1-14(2,8-15)6-10(16)9-3-4-12-11(5-9)17-13(18)7-19-12/h3-5,10H,6-8,15-16H2,1-2H3,(H,17,18). The molecule has 2 rings (SSSR count). The second kappa shape index (κ2) is 5.19. The van der Waals surface area contributed by atoms with E-state index in [-0.39, 0.29) is 24.0 Å². The van der Waals surface area contributed by atoms with E-state index in [1.54, 1.807) is 0 Å². The molecule has 19 heavy (non-hydrogen) atoms. The van der Waals surface area contributed by atoms with Crippen LogP contribution in [0.1, 0.15) is 31.9 Å². The van der Waals surface area contributed by atoms with Crippen LogP contribution in [0.4, 0.5) is 5.69 Å². The van der Waals surface area contributed by atoms with Gasteiger partial charge in [0.05, 0.1) is 5.69 Å². The van der Waals surface area contributed by atoms with Gasteiger partial charge in [-0.1, -0.05) is 19.9 Å². The summed E-state index contributed by atoms with van der Waals surface area (Å²) in [6.45, 7) is 4.84. The van der Waals surface area contributed by atoms with E-state index in [0.717, 1.165) is 12.0 Å². The van der Waals surface area contributed by atoms with Crippen LogP contribution >= 0.6 is 0 Å². The van der Waals surface area contributed by atoms with Crippen molar-refractivity contribution in [3.63, 3.8) is 0 Å². The summed E-state index contributed by atoms with van der Waals surface area (Å²) in [5, 5.41) is 2.79. The summed E-state index contributed by atoms with van der Waals surface area (Å²) in [4.78, 5) is 11.3. The van der Waals surface area contributed by atoms with Crippen molar-refractivity contribution in [1.29, 1.82) is 0 Å². The molecule has 1 aromatic rings. The van der Waals surface area contributed by atoms with Crippen LogP contribution < -0.4 is 21.5 Å². The van der Waals surface area contributed by atoms with Crippen LogP contribution in [0, 0.1) is 5.41 Å². The molecule has 5 nitrogen and oxygen atoms in total. The molecule has 5 N–H and O–H groups in total. The summed E-state index contributed by atoms with van der Waals surface area (Å²) in [6, 6.07) is 5.55. The molecule has 0 spiro atoms. The van der Waals surface area contributed by atoms with E-state index in [4.69, 9.17) is 16.2 Å². The summed E-state index contributed by atoms with van der Waals surface area (Å²) in [5.41, 5.74) is 13.6. The molecule has 1 atom stereocenters. The van der Waals surface area contributed by atoms with Crippen molar-refractivity contribution >= 4 is 11.6 Å². The molecule has 1 heterocycles. The summed E-state index contributed by atoms with van der Waals surface area (Å²) in [7, 11) is 0. The summed E-state index contributed by atoms with van der Waals surface area (Å²) >= 11 is 0. The smallest absolute Gasteiger partial charge is 0.262 e. The van der Waals surface area contributed by atoms with Crippen molar-refractivity contribution in [2.45, 2.75) is 26.3 Å². The van der Waals surface area contributed by atoms with Gasteiger partial charge in [-0.2, -0.15) is 0 Å². The van der Waals surface area contributed by atoms with Crippen LogP contribution in [0.5, 0.6) is 5.75 Å². The minimum absolute atomic E-state index is 0.00489. The van der Waals surface area contributed by atoms with Gasteiger partial charge in [0.2, 0.25) is 0 Å². The fourth-order valence-electron chi connectivity index (χ4n) is 2.13. The van der Waals surface area contributed by atoms with E-state index in [2.05, 4.69) is 19.2 Å². The maximum atomic E-state index is 11.3. The highest BCUT2D eigenvalue weighted by Gasteiger charge is 2.22. The first-order valence-corrected chi connectivity index (χ1v) is 6.43. The average Bonchev–Trinajstić information content (AvgIpc) is 2.37. The molecule has 0 radical (unpaired) electrons. The summed E-state index contributed by atoms with van der Waals surface area (Å²) in [6.07, 6.45) is 0.789. The first-order valence-electron chi connectivity index (χ1n) is 6.43. The van der Waals surface area contributed by atoms with Crippen LogP contribution in [0.2, 0.25) is 0 Å². The first kappa shape index (κ1) is 13.8. The van der Waals surface area contributed by atoms with E-state index >= 15 is 0 Å². The Morgan fingerprint density at radius 3 is 2.89 bits per heavy atom. The third-order valence-electron chi connectivity index (χ3n) is 3.39. The lowest BCUT2D eigenvalue weighted by Gasteiger charge is -2.27. The third-order valence-corrected chi connectivity index (χ3v) is 3.39. The van der Waals surface area contributed by atoms with Crippen molar-refractivity contribution in [2.75, 3.05) is 18.5 Å². The van der Waals surface area contributed by atoms with Crippen LogP contribution in [-0.4, -0.2) is 19.1 Å². The van der Waals surface area contributed by atoms with Gasteiger partial charge in [0, 0.05) is 6.04 Å². The van der Waals surface area contributed by atoms with Crippen LogP contribution in [0.15, 0.2) is 18.2 Å². The molecular weight excluding hydrogens is 242 g/mol. The molecule has 1 aromatic carbocycles. The number of hydrogen-bond donors (Lipinski definition) is 3. The SMILES string of the molecule is CC(C)(CN)CC(N)c1ccc2c(c1)NC(=O)CO2. The van der Waals surface area contributed by atoms with Gasteiger partial charge in [-0.15, -0.1) is 0 Å². The number of fused-ring (bicyclic) bond motifs is 1. The Morgan fingerprint density at radius 2 is 2.21 bits per heavy atom. The van der Waals surface area contributed by atoms with Crippen molar-refractivity contribution < 1.29 is 9.53 Å². The zero-order chi connectivity index (χ0) is 14.0. The molecule has 0 saturated carbocycles. The molecule has 1 aliphatic heterocycles. The predicted molar refractivity (Wildman–Crippen MR) is 74.9 cm³/mol. The third kappa shape index (κ3) is 3.24. The monoisotopic (exact) mass is 263 g/mol. The quantitative estimate of drug-likeness (QED) is 0.765. The van der Waals surface area contributed by atoms with E-state index in [1.165, 1.54) is 0 Å². The van der Waals surface area contributed by atoms with Crippen molar-refractivity contribution in [3.05, 3.63) is 23.8 Å². The van der Waals surface area contributed by atoms with Crippen LogP contribution in [0.25, 0.3) is 0 Å². The molecule has 5 heteroatoms. The van der Waals surface area contributed by atoms with Gasteiger partial charge < -0.3 is 21.5 Å². The minimum Gasteiger partial charge on any atom is -0.482 e. The molecule has 1 unspecified atom stereocenters. The number of anilines is 1. The van der Waals surface area contributed by atoms with Gasteiger partial charge in [-0.3, -0.25) is 4.79 Å². The Labute approximate surface area is 113 Å². The zero-order valence-corrected chi connectivity index (χ0v) is 11.4. The number of rotatable bonds is 4. The van der Waals surface area contributed by atoms with Crippen molar-refractivity contribution in [3.8, 4) is 5.75 Å². The minimum atomic E-state index is -0.138. The fraction of sp³-hybridized carbons (Fsp3) is 0.500. The van der Waals surface area contributed by atoms with E-state index < -0.39 is 0 Å². The number of carbonyl (C=O) groups excluding carboxylic acids is 1. The number of amides is 1. The largest absolute Gasteiger partial charge is 0.482 e. The second-order valence-electron chi connectivity index (χ2n) is 5.77. The predicted octanol–water partition coefficient (Wildman–Crippen LogP) is 1.39. The van der Waals surface area contributed by atoms with Gasteiger partial charge in [0.25, 0.3) is 5.91 Å². The van der Waals surface area contributed by atoms with Crippen molar-refractivity contribution in [1.82, 2.24) is 0 Å². The maximum Gasteiger partial charge on any atom is 0.262 e. The van der Waals surface area contributed by atoms with Gasteiger partial charge in [0.1, 0.15) is 5.75 Å². The lowest BCUT2D eigenvalue weighted by molar-refractivity contribution is -0.118. The number of ether oxygens (including phenoxy) is 1. The Morgan fingerprint density at radius 1 is 1.47 bits per heavy atom. The Balaban J connectivity index is 2.17. The van der Waals surface area contributed by atoms with E-state index in [1.807, 2.05) is 18.2 Å². The number of carbonyl (C=O) groups is 1. The molecule has 0 aliphatic carbocycles. The van der Waals surface area contributed by atoms with Crippen LogP contribution in [0.3, 0.4) is 0 Å². The van der Waals surface area contributed by atoms with Gasteiger partial charge in [-0.05, 0) is 36.1 Å². The molecular formula is C14H21N3O2. The molecule has 1 amide bonds. The number of hydrogen-bond acceptors (Lipinski definition) is 4. The molecule has 1 aliphatic rings. The highest BCUT2D eigenvalue weighted by molar-refractivity contribution is 5.95. The van der Waals surface area contributed by atoms with Gasteiger partial charge in [0.15, 0.2) is 6.61 Å². The molecule has 0 bridgehead atoms. The molecule has 0 aromatic heterocycles. The van der Waals surface area contributed by atoms with Gasteiger partial charge in [-0.25, -0.2) is 0 Å². The topological polar surface area (TPSA) is 90.4 Å². The number of nitrogens with two attached hydrogens (primary N) is 2. The zero-order valence-electron chi connectivity index (χ0n) is 11.4. The van der Waals surface area contributed by atoms with Crippen molar-refractivity contribution in [2.24, 2.45) is 16.9 Å². The maximum absolute atomic E-state index is 11.3. The second-order valence-corrected chi connectivity index (χ2v) is 5.77. The van der Waals surface area contributed by atoms with E-state index in [0.29, 0.717) is 18.0 Å². The Bertz CT molecular complexity index is 486. The molecule has 104 valence electrons.